The number of halogens is 1. The summed E-state index contributed by atoms with van der Waals surface area (Å²) in [7, 11) is 2.96. The van der Waals surface area contributed by atoms with E-state index >= 15 is 0 Å². The lowest BCUT2D eigenvalue weighted by atomic mass is 10.1. The van der Waals surface area contributed by atoms with E-state index in [2.05, 4.69) is 10.4 Å². The minimum atomic E-state index is -0.807. The zero-order valence-electron chi connectivity index (χ0n) is 15.6. The van der Waals surface area contributed by atoms with E-state index in [0.29, 0.717) is 22.8 Å². The second kappa shape index (κ2) is 8.71. The van der Waals surface area contributed by atoms with Crippen molar-refractivity contribution in [1.29, 1.82) is 0 Å². The van der Waals surface area contributed by atoms with E-state index in [1.165, 1.54) is 11.8 Å². The van der Waals surface area contributed by atoms with Crippen molar-refractivity contribution >= 4 is 23.5 Å². The van der Waals surface area contributed by atoms with Crippen LogP contribution < -0.4 is 5.32 Å². The summed E-state index contributed by atoms with van der Waals surface area (Å²) in [6, 6.07) is 17.5. The number of amides is 1. The van der Waals surface area contributed by atoms with E-state index < -0.39 is 17.9 Å². The zero-order chi connectivity index (χ0) is 20.1. The maximum absolute atomic E-state index is 12.8. The van der Waals surface area contributed by atoms with Crippen molar-refractivity contribution in [3.8, 4) is 11.3 Å². The van der Waals surface area contributed by atoms with E-state index in [-0.39, 0.29) is 0 Å². The number of hydrogen-bond acceptors (Lipinski definition) is 4. The van der Waals surface area contributed by atoms with Gasteiger partial charge in [-0.15, -0.1) is 0 Å². The van der Waals surface area contributed by atoms with E-state index in [1.807, 2.05) is 48.5 Å². The quantitative estimate of drug-likeness (QED) is 0.648. The largest absolute Gasteiger partial charge is 0.467 e. The fourth-order valence-corrected chi connectivity index (χ4v) is 3.13. The molecule has 2 aromatic carbocycles. The Morgan fingerprint density at radius 3 is 2.50 bits per heavy atom. The molecule has 0 saturated heterocycles. The fraction of sp³-hybridized carbons (Fsp3) is 0.190. The van der Waals surface area contributed by atoms with Gasteiger partial charge in [-0.3, -0.25) is 9.48 Å². The number of carbonyl (C=O) groups excluding carboxylic acids is 2. The Bertz CT molecular complexity index is 986. The summed E-state index contributed by atoms with van der Waals surface area (Å²) in [6.45, 7) is 0. The van der Waals surface area contributed by atoms with Gasteiger partial charge in [-0.2, -0.15) is 5.10 Å². The molecule has 0 aliphatic rings. The fourth-order valence-electron chi connectivity index (χ4n) is 2.90. The molecule has 144 valence electrons. The normalized spacial score (nSPS) is 11.7. The lowest BCUT2D eigenvalue weighted by Gasteiger charge is -2.16. The first-order valence-corrected chi connectivity index (χ1v) is 9.09. The maximum Gasteiger partial charge on any atom is 0.328 e. The number of carbonyl (C=O) groups is 2. The molecule has 1 aromatic heterocycles. The van der Waals surface area contributed by atoms with Gasteiger partial charge < -0.3 is 10.1 Å². The Kier molecular flexibility index (Phi) is 6.11. The molecule has 1 heterocycles. The minimum Gasteiger partial charge on any atom is -0.467 e. The van der Waals surface area contributed by atoms with E-state index in [9.17, 15) is 9.59 Å². The number of nitrogens with one attached hydrogen (secondary N) is 1. The van der Waals surface area contributed by atoms with E-state index in [0.717, 1.165) is 11.1 Å². The molecular weight excluding hydrogens is 378 g/mol. The van der Waals surface area contributed by atoms with Crippen LogP contribution >= 0.6 is 11.6 Å². The Hall–Kier alpha value is -3.12. The summed E-state index contributed by atoms with van der Waals surface area (Å²) in [6.07, 6.45) is 0.328. The third kappa shape index (κ3) is 4.40. The van der Waals surface area contributed by atoms with Gasteiger partial charge in [0.2, 0.25) is 0 Å². The number of methoxy groups -OCH3 is 1. The summed E-state index contributed by atoms with van der Waals surface area (Å²) in [4.78, 5) is 25.0. The first-order valence-electron chi connectivity index (χ1n) is 8.71. The lowest BCUT2D eigenvalue weighted by molar-refractivity contribution is -0.142. The van der Waals surface area contributed by atoms with Crippen LogP contribution in [0.25, 0.3) is 11.3 Å². The SMILES string of the molecule is COC(=O)C(Cc1ccccc1)NC(=O)c1cc(-c2ccccc2Cl)nn1C. The van der Waals surface area contributed by atoms with E-state index in [4.69, 9.17) is 16.3 Å². The standard InChI is InChI=1S/C21H20ClN3O3/c1-25-19(13-17(24-25)15-10-6-7-11-16(15)22)20(26)23-18(21(27)28-2)12-14-8-4-3-5-9-14/h3-11,13,18H,12H2,1-2H3,(H,23,26). The first kappa shape index (κ1) is 19.6. The van der Waals surface area contributed by atoms with Crippen LogP contribution in [0.2, 0.25) is 5.02 Å². The topological polar surface area (TPSA) is 73.2 Å². The molecule has 6 nitrogen and oxygen atoms in total. The van der Waals surface area contributed by atoms with Crippen molar-refractivity contribution < 1.29 is 14.3 Å². The first-order chi connectivity index (χ1) is 13.5. The number of ether oxygens (including phenoxy) is 1. The van der Waals surface area contributed by atoms with Crippen LogP contribution in [0.1, 0.15) is 16.1 Å². The second-order valence-corrected chi connectivity index (χ2v) is 6.66. The summed E-state index contributed by atoms with van der Waals surface area (Å²) < 4.78 is 6.31. The third-order valence-corrected chi connectivity index (χ3v) is 4.67. The Morgan fingerprint density at radius 1 is 1.14 bits per heavy atom. The number of esters is 1. The van der Waals surface area contributed by atoms with Gasteiger partial charge in [-0.25, -0.2) is 4.79 Å². The molecule has 0 aliphatic carbocycles. The smallest absolute Gasteiger partial charge is 0.328 e. The van der Waals surface area contributed by atoms with Crippen LogP contribution in [0, 0.1) is 0 Å². The molecule has 0 saturated carbocycles. The molecular formula is C21H20ClN3O3. The van der Waals surface area contributed by atoms with Gasteiger partial charge >= 0.3 is 5.97 Å². The number of benzene rings is 2. The highest BCUT2D eigenvalue weighted by Crippen LogP contribution is 2.26. The van der Waals surface area contributed by atoms with Gasteiger partial charge in [0.05, 0.1) is 17.8 Å². The van der Waals surface area contributed by atoms with Crippen LogP contribution in [0.3, 0.4) is 0 Å². The summed E-state index contributed by atoms with van der Waals surface area (Å²) in [5.74, 6) is -0.926. The molecule has 0 aliphatic heterocycles. The van der Waals surface area contributed by atoms with Gasteiger partial charge in [0, 0.05) is 19.0 Å². The number of aromatic nitrogens is 2. The van der Waals surface area contributed by atoms with Crippen LogP contribution in [0.4, 0.5) is 0 Å². The van der Waals surface area contributed by atoms with Crippen LogP contribution in [0.15, 0.2) is 60.7 Å². The molecule has 1 amide bonds. The lowest BCUT2D eigenvalue weighted by Crippen LogP contribution is -2.43. The predicted octanol–water partition coefficient (Wildman–Crippen LogP) is 3.25. The van der Waals surface area contributed by atoms with E-state index in [1.54, 1.807) is 19.2 Å². The monoisotopic (exact) mass is 397 g/mol. The highest BCUT2D eigenvalue weighted by molar-refractivity contribution is 6.33. The highest BCUT2D eigenvalue weighted by atomic mass is 35.5. The highest BCUT2D eigenvalue weighted by Gasteiger charge is 2.24. The molecule has 0 spiro atoms. The zero-order valence-corrected chi connectivity index (χ0v) is 16.3. The molecule has 3 aromatic rings. The van der Waals surface area contributed by atoms with Crippen LogP contribution in [-0.2, 0) is 23.0 Å². The predicted molar refractivity (Wildman–Crippen MR) is 107 cm³/mol. The van der Waals surface area contributed by atoms with Crippen molar-refractivity contribution in [3.63, 3.8) is 0 Å². The van der Waals surface area contributed by atoms with Gasteiger partial charge in [-0.05, 0) is 17.7 Å². The van der Waals surface area contributed by atoms with Crippen LogP contribution in [0.5, 0.6) is 0 Å². The summed E-state index contributed by atoms with van der Waals surface area (Å²) in [5, 5.41) is 7.67. The van der Waals surface area contributed by atoms with Crippen molar-refractivity contribution in [2.75, 3.05) is 7.11 Å². The Balaban J connectivity index is 1.82. The summed E-state index contributed by atoms with van der Waals surface area (Å²) in [5.41, 5.74) is 2.54. The van der Waals surface area contributed by atoms with Gasteiger partial charge in [-0.1, -0.05) is 60.1 Å². The molecule has 7 heteroatoms. The third-order valence-electron chi connectivity index (χ3n) is 4.34. The molecule has 1 unspecified atom stereocenters. The average molecular weight is 398 g/mol. The molecule has 3 rings (SSSR count). The van der Waals surface area contributed by atoms with Crippen molar-refractivity contribution in [2.45, 2.75) is 12.5 Å². The number of rotatable bonds is 6. The van der Waals surface area contributed by atoms with Crippen molar-refractivity contribution in [2.24, 2.45) is 7.05 Å². The van der Waals surface area contributed by atoms with Gasteiger partial charge in [0.25, 0.3) is 5.91 Å². The number of nitrogens with zero attached hydrogens (tertiary/aromatic N) is 2. The summed E-state index contributed by atoms with van der Waals surface area (Å²) >= 11 is 6.22. The van der Waals surface area contributed by atoms with Gasteiger partial charge in [0.1, 0.15) is 11.7 Å². The number of hydrogen-bond donors (Lipinski definition) is 1. The van der Waals surface area contributed by atoms with Gasteiger partial charge in [0.15, 0.2) is 0 Å². The van der Waals surface area contributed by atoms with Crippen molar-refractivity contribution in [3.05, 3.63) is 76.9 Å². The number of aryl methyl sites for hydroxylation is 1. The molecule has 1 N–H and O–H groups in total. The molecule has 0 radical (unpaired) electrons. The Morgan fingerprint density at radius 2 is 1.82 bits per heavy atom. The van der Waals surface area contributed by atoms with Crippen molar-refractivity contribution in [1.82, 2.24) is 15.1 Å². The average Bonchev–Trinajstić information content (AvgIpc) is 3.09. The minimum absolute atomic E-state index is 0.317. The molecule has 0 fully saturated rings. The molecule has 28 heavy (non-hydrogen) atoms. The Labute approximate surface area is 168 Å². The van der Waals surface area contributed by atoms with Crippen LogP contribution in [-0.4, -0.2) is 34.8 Å². The molecule has 1 atom stereocenters. The second-order valence-electron chi connectivity index (χ2n) is 6.26. The maximum atomic E-state index is 12.8. The molecule has 0 bridgehead atoms.